The van der Waals surface area contributed by atoms with E-state index in [0.717, 1.165) is 43.5 Å². The second kappa shape index (κ2) is 10.5. The summed E-state index contributed by atoms with van der Waals surface area (Å²) >= 11 is 6.42. The number of nitrogens with zero attached hydrogens (tertiary/aromatic N) is 4. The second-order valence-corrected chi connectivity index (χ2v) is 8.50. The zero-order valence-electron chi connectivity index (χ0n) is 18.8. The van der Waals surface area contributed by atoms with Crippen LogP contribution in [0.15, 0.2) is 60.0 Å². The molecular weight excluding hydrogens is 454 g/mol. The van der Waals surface area contributed by atoms with Crippen LogP contribution in [-0.4, -0.2) is 40.7 Å². The fourth-order valence-corrected chi connectivity index (χ4v) is 3.65. The lowest BCUT2D eigenvalue weighted by Gasteiger charge is -2.20. The molecule has 1 fully saturated rings. The molecule has 3 N–H and O–H groups in total. The number of carbonyl (C=O) groups is 2. The standard InChI is InChI=1S/C24H26ClN7O2/c1-3-23(33)30-20-7-5-4-6-19(20)29-21-13-22(27-14-26-21)32(2)16-10-11-18(17(25)12-16)31-24(34)28-15-8-9-15/h3,7,10-15H,1,4-6,8-9H2,2H3,(H,30,33)(H2,28,31,34). The second-order valence-electron chi connectivity index (χ2n) is 8.09. The predicted molar refractivity (Wildman–Crippen MR) is 134 cm³/mol. The van der Waals surface area contributed by atoms with Crippen molar-refractivity contribution in [2.45, 2.75) is 38.1 Å². The minimum absolute atomic E-state index is 0.259. The number of allylic oxidation sites excluding steroid dienone is 2. The van der Waals surface area contributed by atoms with Gasteiger partial charge in [0, 0.05) is 24.8 Å². The Morgan fingerprint density at radius 1 is 1.24 bits per heavy atom. The topological polar surface area (TPSA) is 112 Å². The van der Waals surface area contributed by atoms with Gasteiger partial charge in [0.25, 0.3) is 0 Å². The molecule has 1 heterocycles. The predicted octanol–water partition coefficient (Wildman–Crippen LogP) is 4.62. The molecule has 176 valence electrons. The number of amides is 3. The molecule has 0 radical (unpaired) electrons. The first-order valence-electron chi connectivity index (χ1n) is 11.1. The average molecular weight is 480 g/mol. The van der Waals surface area contributed by atoms with E-state index in [-0.39, 0.29) is 18.0 Å². The van der Waals surface area contributed by atoms with Gasteiger partial charge in [0.15, 0.2) is 5.82 Å². The lowest BCUT2D eigenvalue weighted by atomic mass is 10.0. The Morgan fingerprint density at radius 2 is 2.06 bits per heavy atom. The van der Waals surface area contributed by atoms with Crippen LogP contribution in [-0.2, 0) is 4.79 Å². The zero-order valence-corrected chi connectivity index (χ0v) is 19.6. The van der Waals surface area contributed by atoms with E-state index in [4.69, 9.17) is 11.6 Å². The van der Waals surface area contributed by atoms with Gasteiger partial charge in [0.2, 0.25) is 5.91 Å². The lowest BCUT2D eigenvalue weighted by Crippen LogP contribution is -2.30. The molecule has 0 spiro atoms. The van der Waals surface area contributed by atoms with Gasteiger partial charge in [0.1, 0.15) is 12.1 Å². The average Bonchev–Trinajstić information content (AvgIpc) is 3.65. The molecule has 34 heavy (non-hydrogen) atoms. The Kier molecular flexibility index (Phi) is 7.22. The molecule has 4 rings (SSSR count). The third-order valence-corrected chi connectivity index (χ3v) is 5.77. The number of hydrogen-bond acceptors (Lipinski definition) is 6. The van der Waals surface area contributed by atoms with Crippen molar-refractivity contribution in [2.24, 2.45) is 4.99 Å². The molecule has 2 aliphatic rings. The van der Waals surface area contributed by atoms with Crippen LogP contribution < -0.4 is 20.9 Å². The Bertz CT molecular complexity index is 1170. The van der Waals surface area contributed by atoms with Crippen molar-refractivity contribution in [1.29, 1.82) is 0 Å². The molecule has 3 amide bonds. The van der Waals surface area contributed by atoms with E-state index in [9.17, 15) is 9.59 Å². The molecule has 2 aromatic rings. The van der Waals surface area contributed by atoms with Gasteiger partial charge < -0.3 is 20.9 Å². The largest absolute Gasteiger partial charge is 0.335 e. The molecular formula is C24H26ClN7O2. The van der Waals surface area contributed by atoms with Crippen molar-refractivity contribution in [3.63, 3.8) is 0 Å². The summed E-state index contributed by atoms with van der Waals surface area (Å²) in [7, 11) is 1.86. The fourth-order valence-electron chi connectivity index (χ4n) is 3.43. The molecule has 2 aliphatic carbocycles. The summed E-state index contributed by atoms with van der Waals surface area (Å²) in [5, 5.41) is 8.87. The number of benzene rings is 1. The molecule has 0 aliphatic heterocycles. The minimum atomic E-state index is -0.274. The summed E-state index contributed by atoms with van der Waals surface area (Å²) in [5.41, 5.74) is 2.76. The van der Waals surface area contributed by atoms with Gasteiger partial charge in [-0.3, -0.25) is 4.79 Å². The van der Waals surface area contributed by atoms with Crippen molar-refractivity contribution in [2.75, 3.05) is 17.3 Å². The smallest absolute Gasteiger partial charge is 0.319 e. The Labute approximate surface area is 203 Å². The van der Waals surface area contributed by atoms with E-state index in [0.29, 0.717) is 28.0 Å². The summed E-state index contributed by atoms with van der Waals surface area (Å²) in [4.78, 5) is 38.9. The van der Waals surface area contributed by atoms with Gasteiger partial charge in [-0.05, 0) is 56.4 Å². The number of anilines is 3. The van der Waals surface area contributed by atoms with Gasteiger partial charge in [-0.1, -0.05) is 24.3 Å². The first-order valence-corrected chi connectivity index (χ1v) is 11.4. The molecule has 10 heteroatoms. The van der Waals surface area contributed by atoms with Crippen molar-refractivity contribution < 1.29 is 9.59 Å². The van der Waals surface area contributed by atoms with E-state index in [2.05, 4.69) is 37.5 Å². The maximum Gasteiger partial charge on any atom is 0.319 e. The van der Waals surface area contributed by atoms with Crippen LogP contribution in [0, 0.1) is 0 Å². The van der Waals surface area contributed by atoms with E-state index in [1.807, 2.05) is 24.1 Å². The molecule has 1 aromatic heterocycles. The Balaban J connectivity index is 1.50. The molecule has 0 atom stereocenters. The summed E-state index contributed by atoms with van der Waals surface area (Å²) in [6.45, 7) is 3.50. The maximum absolute atomic E-state index is 12.0. The van der Waals surface area contributed by atoms with Crippen LogP contribution in [0.2, 0.25) is 5.02 Å². The number of hydrogen-bond donors (Lipinski definition) is 3. The maximum atomic E-state index is 12.0. The van der Waals surface area contributed by atoms with Gasteiger partial charge >= 0.3 is 6.03 Å². The van der Waals surface area contributed by atoms with Gasteiger partial charge in [0.05, 0.1) is 22.1 Å². The molecule has 9 nitrogen and oxygen atoms in total. The van der Waals surface area contributed by atoms with Crippen LogP contribution in [0.5, 0.6) is 0 Å². The SMILES string of the molecule is C=CC(=O)NC1=CCCCC1=Nc1cc(N(C)c2ccc(NC(=O)NC3CC3)c(Cl)c2)ncn1. The van der Waals surface area contributed by atoms with Crippen LogP contribution in [0.25, 0.3) is 0 Å². The number of halogens is 1. The van der Waals surface area contributed by atoms with E-state index in [1.54, 1.807) is 18.2 Å². The lowest BCUT2D eigenvalue weighted by molar-refractivity contribution is -0.115. The van der Waals surface area contributed by atoms with Crippen molar-refractivity contribution >= 4 is 52.3 Å². The van der Waals surface area contributed by atoms with Crippen LogP contribution >= 0.6 is 11.6 Å². The van der Waals surface area contributed by atoms with Crippen molar-refractivity contribution in [1.82, 2.24) is 20.6 Å². The highest BCUT2D eigenvalue weighted by Crippen LogP contribution is 2.31. The monoisotopic (exact) mass is 479 g/mol. The first-order chi connectivity index (χ1) is 16.4. The molecule has 0 bridgehead atoms. The number of urea groups is 1. The fraction of sp³-hybridized carbons (Fsp3) is 0.292. The van der Waals surface area contributed by atoms with Crippen molar-refractivity contribution in [3.05, 3.63) is 60.0 Å². The first kappa shape index (κ1) is 23.4. The van der Waals surface area contributed by atoms with Gasteiger partial charge in [-0.15, -0.1) is 0 Å². The highest BCUT2D eigenvalue weighted by molar-refractivity contribution is 6.34. The van der Waals surface area contributed by atoms with Crippen molar-refractivity contribution in [3.8, 4) is 0 Å². The number of rotatable bonds is 7. The summed E-state index contributed by atoms with van der Waals surface area (Å²) in [6.07, 6.45) is 9.21. The summed E-state index contributed by atoms with van der Waals surface area (Å²) in [6, 6.07) is 7.12. The number of aromatic nitrogens is 2. The quantitative estimate of drug-likeness (QED) is 0.501. The highest BCUT2D eigenvalue weighted by Gasteiger charge is 2.23. The van der Waals surface area contributed by atoms with E-state index < -0.39 is 0 Å². The summed E-state index contributed by atoms with van der Waals surface area (Å²) in [5.74, 6) is 0.825. The molecule has 0 saturated heterocycles. The van der Waals surface area contributed by atoms with Crippen LogP contribution in [0.3, 0.4) is 0 Å². The molecule has 1 saturated carbocycles. The molecule has 0 unspecified atom stereocenters. The Morgan fingerprint density at radius 3 is 2.79 bits per heavy atom. The minimum Gasteiger partial charge on any atom is -0.335 e. The van der Waals surface area contributed by atoms with E-state index >= 15 is 0 Å². The van der Waals surface area contributed by atoms with E-state index in [1.165, 1.54) is 12.4 Å². The number of aliphatic imine (C=N–C) groups is 1. The zero-order chi connectivity index (χ0) is 24.1. The Hall–Kier alpha value is -3.72. The number of nitrogens with one attached hydrogen (secondary N) is 3. The van der Waals surface area contributed by atoms with Crippen LogP contribution in [0.4, 0.5) is 27.8 Å². The third kappa shape index (κ3) is 5.99. The van der Waals surface area contributed by atoms with Gasteiger partial charge in [-0.25, -0.2) is 19.8 Å². The normalized spacial score (nSPS) is 16.4. The number of carbonyl (C=O) groups excluding carboxylic acids is 2. The van der Waals surface area contributed by atoms with Gasteiger partial charge in [-0.2, -0.15) is 0 Å². The molecule has 1 aromatic carbocycles. The third-order valence-electron chi connectivity index (χ3n) is 5.45. The van der Waals surface area contributed by atoms with Crippen LogP contribution in [0.1, 0.15) is 32.1 Å². The highest BCUT2D eigenvalue weighted by atomic mass is 35.5. The summed E-state index contributed by atoms with van der Waals surface area (Å²) < 4.78 is 0.